The average molecular weight is 809 g/mol. The van der Waals surface area contributed by atoms with Gasteiger partial charge in [-0.05, 0) is 78.4 Å². The minimum atomic E-state index is -4.83. The van der Waals surface area contributed by atoms with Crippen LogP contribution in [0.3, 0.4) is 0 Å². The number of rotatable bonds is 14. The van der Waals surface area contributed by atoms with Crippen LogP contribution >= 0.6 is 11.6 Å². The SMILES string of the molecule is COc1ccc(NC(=O)C(=O)NCC(C)(C)CNC(=O)c2ccc(Nc3nc(NC4(c5ccc(Cl)cc5)CC4)nc(OCC(F)(F)F)n3)cc2)c(C(F)(F)F)c1. The first kappa shape index (κ1) is 41.3. The Morgan fingerprint density at radius 2 is 1.46 bits per heavy atom. The number of amides is 3. The first-order valence-corrected chi connectivity index (χ1v) is 17.1. The lowest BCUT2D eigenvalue weighted by atomic mass is 9.93. The van der Waals surface area contributed by atoms with Crippen LogP contribution in [0.5, 0.6) is 11.8 Å². The predicted molar refractivity (Wildman–Crippen MR) is 193 cm³/mol. The molecule has 3 amide bonds. The quantitative estimate of drug-likeness (QED) is 0.0672. The molecule has 1 saturated carbocycles. The molecule has 5 rings (SSSR count). The minimum Gasteiger partial charge on any atom is -0.497 e. The van der Waals surface area contributed by atoms with Crippen molar-refractivity contribution in [1.82, 2.24) is 25.6 Å². The number of nitrogens with zero attached hydrogens (tertiary/aromatic N) is 3. The summed E-state index contributed by atoms with van der Waals surface area (Å²) in [5.41, 5.74) is -1.71. The van der Waals surface area contributed by atoms with E-state index in [-0.39, 0.29) is 36.3 Å². The molecule has 1 fully saturated rings. The van der Waals surface area contributed by atoms with Crippen LogP contribution in [0.2, 0.25) is 5.02 Å². The summed E-state index contributed by atoms with van der Waals surface area (Å²) in [5, 5.41) is 13.6. The van der Waals surface area contributed by atoms with Crippen LogP contribution < -0.4 is 36.1 Å². The van der Waals surface area contributed by atoms with E-state index in [1.165, 1.54) is 37.4 Å². The van der Waals surface area contributed by atoms with E-state index in [1.54, 1.807) is 26.0 Å². The number of nitrogens with one attached hydrogen (secondary N) is 5. The molecule has 1 aromatic heterocycles. The van der Waals surface area contributed by atoms with Gasteiger partial charge in [0.2, 0.25) is 11.9 Å². The fourth-order valence-corrected chi connectivity index (χ4v) is 5.29. The maximum atomic E-state index is 13.5. The Bertz CT molecular complexity index is 2060. The number of benzene rings is 3. The smallest absolute Gasteiger partial charge is 0.422 e. The summed E-state index contributed by atoms with van der Waals surface area (Å²) in [7, 11) is 1.18. The molecule has 56 heavy (non-hydrogen) atoms. The third-order valence-electron chi connectivity index (χ3n) is 8.32. The third-order valence-corrected chi connectivity index (χ3v) is 8.57. The highest BCUT2D eigenvalue weighted by Crippen LogP contribution is 2.48. The molecular weight excluding hydrogens is 774 g/mol. The maximum absolute atomic E-state index is 13.5. The Balaban J connectivity index is 1.17. The van der Waals surface area contributed by atoms with Crippen molar-refractivity contribution in [2.75, 3.05) is 42.8 Å². The van der Waals surface area contributed by atoms with Crippen molar-refractivity contribution in [1.29, 1.82) is 0 Å². The van der Waals surface area contributed by atoms with Crippen LogP contribution in [0.1, 0.15) is 48.2 Å². The Morgan fingerprint density at radius 1 is 0.821 bits per heavy atom. The number of alkyl halides is 6. The molecule has 1 heterocycles. The molecule has 1 aliphatic rings. The highest BCUT2D eigenvalue weighted by Gasteiger charge is 2.45. The molecular formula is C36H35ClF6N8O5. The van der Waals surface area contributed by atoms with Crippen LogP contribution in [0, 0.1) is 5.41 Å². The molecule has 0 spiro atoms. The number of aromatic nitrogens is 3. The molecule has 0 atom stereocenters. The Morgan fingerprint density at radius 3 is 2.07 bits per heavy atom. The number of hydrogen-bond acceptors (Lipinski definition) is 10. The second kappa shape index (κ2) is 16.5. The van der Waals surface area contributed by atoms with Gasteiger partial charge in [0.15, 0.2) is 6.61 Å². The Kier molecular flexibility index (Phi) is 12.2. The van der Waals surface area contributed by atoms with E-state index in [0.29, 0.717) is 29.6 Å². The predicted octanol–water partition coefficient (Wildman–Crippen LogP) is 6.85. The first-order chi connectivity index (χ1) is 26.2. The number of anilines is 4. The van der Waals surface area contributed by atoms with E-state index in [0.717, 1.165) is 11.6 Å². The lowest BCUT2D eigenvalue weighted by molar-refractivity contribution is -0.154. The van der Waals surface area contributed by atoms with Gasteiger partial charge in [0.05, 0.1) is 23.9 Å². The van der Waals surface area contributed by atoms with Crippen molar-refractivity contribution in [3.8, 4) is 11.8 Å². The van der Waals surface area contributed by atoms with Crippen LogP contribution in [-0.2, 0) is 21.3 Å². The van der Waals surface area contributed by atoms with Gasteiger partial charge in [0.1, 0.15) is 5.75 Å². The van der Waals surface area contributed by atoms with Crippen molar-refractivity contribution in [2.45, 2.75) is 44.6 Å². The number of ether oxygens (including phenoxy) is 2. The molecule has 5 N–H and O–H groups in total. The zero-order chi connectivity index (χ0) is 40.9. The molecule has 0 aliphatic heterocycles. The lowest BCUT2D eigenvalue weighted by Crippen LogP contribution is -2.45. The topological polar surface area (TPSA) is 168 Å². The molecule has 4 aromatic rings. The molecule has 13 nitrogen and oxygen atoms in total. The first-order valence-electron chi connectivity index (χ1n) is 16.7. The van der Waals surface area contributed by atoms with Gasteiger partial charge in [0.25, 0.3) is 5.91 Å². The van der Waals surface area contributed by atoms with Crippen LogP contribution in [0.4, 0.5) is 49.6 Å². The number of carbonyl (C=O) groups is 3. The minimum absolute atomic E-state index is 0.0171. The van der Waals surface area contributed by atoms with Crippen molar-refractivity contribution in [2.24, 2.45) is 5.41 Å². The van der Waals surface area contributed by atoms with Gasteiger partial charge in [0, 0.05) is 29.4 Å². The number of halogens is 7. The van der Waals surface area contributed by atoms with Crippen molar-refractivity contribution in [3.05, 3.63) is 88.4 Å². The van der Waals surface area contributed by atoms with Crippen LogP contribution in [0.15, 0.2) is 66.7 Å². The standard InChI is InChI=1S/C36H35ClF6N8O5/c1-33(2,18-45-28(53)29(54)47-26-13-12-24(55-3)16-25(26)36(41,42)43)17-44-27(52)20-4-10-23(11-5-20)46-30-48-31(50-32(49-30)56-19-35(38,39)40)51-34(14-15-34)21-6-8-22(37)9-7-21/h4-13,16H,14-15,17-19H2,1-3H3,(H,44,52)(H,45,53)(H,47,54)(H2,46,48,49,50,51). The number of methoxy groups -OCH3 is 1. The van der Waals surface area contributed by atoms with E-state index >= 15 is 0 Å². The number of carbonyl (C=O) groups excluding carboxylic acids is 3. The van der Waals surface area contributed by atoms with Crippen molar-refractivity contribution < 1.29 is 50.2 Å². The van der Waals surface area contributed by atoms with Crippen LogP contribution in [0.25, 0.3) is 0 Å². The monoisotopic (exact) mass is 808 g/mol. The molecule has 20 heteroatoms. The third kappa shape index (κ3) is 11.3. The summed E-state index contributed by atoms with van der Waals surface area (Å²) in [4.78, 5) is 50.1. The van der Waals surface area contributed by atoms with Crippen molar-refractivity contribution in [3.63, 3.8) is 0 Å². The maximum Gasteiger partial charge on any atom is 0.422 e. The fraction of sp³-hybridized carbons (Fsp3) is 0.333. The molecule has 1 aliphatic carbocycles. The summed E-state index contributed by atoms with van der Waals surface area (Å²) in [5.74, 6) is -3.27. The van der Waals surface area contributed by atoms with E-state index in [4.69, 9.17) is 21.1 Å². The van der Waals surface area contributed by atoms with Gasteiger partial charge in [-0.3, -0.25) is 14.4 Å². The van der Waals surface area contributed by atoms with E-state index < -0.39 is 64.9 Å². The highest BCUT2D eigenvalue weighted by atomic mass is 35.5. The Labute approximate surface area is 320 Å². The van der Waals surface area contributed by atoms with Gasteiger partial charge in [-0.15, -0.1) is 0 Å². The van der Waals surface area contributed by atoms with Crippen molar-refractivity contribution >= 4 is 52.6 Å². The summed E-state index contributed by atoms with van der Waals surface area (Å²) < 4.78 is 88.9. The molecule has 298 valence electrons. The zero-order valence-electron chi connectivity index (χ0n) is 29.9. The molecule has 0 unspecified atom stereocenters. The van der Waals surface area contributed by atoms with Gasteiger partial charge in [-0.2, -0.15) is 41.3 Å². The summed E-state index contributed by atoms with van der Waals surface area (Å²) in [6.07, 6.45) is -8.07. The zero-order valence-corrected chi connectivity index (χ0v) is 30.7. The lowest BCUT2D eigenvalue weighted by Gasteiger charge is -2.25. The van der Waals surface area contributed by atoms with E-state index in [2.05, 4.69) is 36.2 Å². The summed E-state index contributed by atoms with van der Waals surface area (Å²) >= 11 is 6.02. The highest BCUT2D eigenvalue weighted by molar-refractivity contribution is 6.39. The summed E-state index contributed by atoms with van der Waals surface area (Å²) in [6, 6.07) is 15.3. The van der Waals surface area contributed by atoms with Gasteiger partial charge in [-0.1, -0.05) is 37.6 Å². The van der Waals surface area contributed by atoms with E-state index in [1.807, 2.05) is 17.4 Å². The van der Waals surface area contributed by atoms with Crippen LogP contribution in [-0.4, -0.2) is 65.7 Å². The normalized spacial score (nSPS) is 13.6. The van der Waals surface area contributed by atoms with E-state index in [9.17, 15) is 40.7 Å². The van der Waals surface area contributed by atoms with Gasteiger partial charge in [-0.25, -0.2) is 0 Å². The second-order valence-corrected chi connectivity index (χ2v) is 13.9. The second-order valence-electron chi connectivity index (χ2n) is 13.5. The van der Waals surface area contributed by atoms with Gasteiger partial charge < -0.3 is 36.1 Å². The largest absolute Gasteiger partial charge is 0.497 e. The molecule has 0 saturated heterocycles. The number of hydrogen-bond donors (Lipinski definition) is 5. The average Bonchev–Trinajstić information content (AvgIpc) is 3.92. The fourth-order valence-electron chi connectivity index (χ4n) is 5.16. The van der Waals surface area contributed by atoms with Gasteiger partial charge >= 0.3 is 30.2 Å². The summed E-state index contributed by atoms with van der Waals surface area (Å²) in [6.45, 7) is 1.61. The Hall–Kier alpha value is -5.85. The molecule has 0 radical (unpaired) electrons. The molecule has 0 bridgehead atoms. The molecule has 3 aromatic carbocycles.